The van der Waals surface area contributed by atoms with Crippen molar-refractivity contribution in [1.82, 2.24) is 10.2 Å². The predicted molar refractivity (Wildman–Crippen MR) is 87.5 cm³/mol. The second kappa shape index (κ2) is 8.34. The maximum absolute atomic E-state index is 4.70. The highest BCUT2D eigenvalue weighted by molar-refractivity contribution is 14.0. The molecule has 1 aliphatic heterocycles. The summed E-state index contributed by atoms with van der Waals surface area (Å²) < 4.78 is 0. The molecule has 0 unspecified atom stereocenters. The average molecular weight is 359 g/mol. The Bertz CT molecular complexity index is 359. The lowest BCUT2D eigenvalue weighted by molar-refractivity contribution is 0.493. The zero-order valence-corrected chi connectivity index (χ0v) is 13.3. The number of nitrogens with zero attached hydrogens (tertiary/aromatic N) is 2. The van der Waals surface area contributed by atoms with E-state index in [1.54, 1.807) is 0 Å². The zero-order chi connectivity index (χ0) is 11.9. The van der Waals surface area contributed by atoms with Gasteiger partial charge in [-0.3, -0.25) is 0 Å². The quantitative estimate of drug-likeness (QED) is 0.511. The van der Waals surface area contributed by atoms with Gasteiger partial charge in [-0.05, 0) is 25.3 Å². The van der Waals surface area contributed by atoms with Crippen molar-refractivity contribution in [2.24, 2.45) is 4.99 Å². The van der Waals surface area contributed by atoms with E-state index in [9.17, 15) is 0 Å². The van der Waals surface area contributed by atoms with E-state index in [0.717, 1.165) is 32.1 Å². The monoisotopic (exact) mass is 359 g/mol. The number of guanidine groups is 1. The molecule has 1 aromatic carbocycles. The van der Waals surface area contributed by atoms with Crippen LogP contribution in [0.25, 0.3) is 0 Å². The first-order valence-corrected chi connectivity index (χ1v) is 6.47. The van der Waals surface area contributed by atoms with Crippen molar-refractivity contribution in [3.05, 3.63) is 35.9 Å². The van der Waals surface area contributed by atoms with E-state index >= 15 is 0 Å². The summed E-state index contributed by atoms with van der Waals surface area (Å²) in [7, 11) is 0. The van der Waals surface area contributed by atoms with Crippen molar-refractivity contribution in [2.45, 2.75) is 26.3 Å². The molecule has 0 aliphatic carbocycles. The molecule has 1 N–H and O–H groups in total. The van der Waals surface area contributed by atoms with Crippen molar-refractivity contribution in [3.63, 3.8) is 0 Å². The van der Waals surface area contributed by atoms with Crippen LogP contribution in [0.5, 0.6) is 0 Å². The molecule has 0 amide bonds. The molecule has 4 heteroatoms. The number of benzene rings is 1. The fraction of sp³-hybridized carbons (Fsp3) is 0.500. The second-order valence-electron chi connectivity index (χ2n) is 4.35. The SMILES string of the molecule is CCNC(=NCc1ccccc1)N1CCCC1.I. The van der Waals surface area contributed by atoms with Crippen molar-refractivity contribution >= 4 is 29.9 Å². The van der Waals surface area contributed by atoms with E-state index in [4.69, 9.17) is 4.99 Å². The van der Waals surface area contributed by atoms with E-state index in [-0.39, 0.29) is 24.0 Å². The first-order chi connectivity index (χ1) is 8.40. The lowest BCUT2D eigenvalue weighted by Gasteiger charge is -2.20. The number of rotatable bonds is 3. The maximum Gasteiger partial charge on any atom is 0.194 e. The molecule has 3 nitrogen and oxygen atoms in total. The van der Waals surface area contributed by atoms with Gasteiger partial charge in [0.1, 0.15) is 0 Å². The van der Waals surface area contributed by atoms with E-state index in [1.807, 2.05) is 6.07 Å². The lowest BCUT2D eigenvalue weighted by atomic mass is 10.2. The number of halogens is 1. The number of nitrogens with one attached hydrogen (secondary N) is 1. The van der Waals surface area contributed by atoms with Crippen LogP contribution in [0.1, 0.15) is 25.3 Å². The molecule has 0 radical (unpaired) electrons. The molecule has 1 heterocycles. The summed E-state index contributed by atoms with van der Waals surface area (Å²) >= 11 is 0. The van der Waals surface area contributed by atoms with Crippen LogP contribution in [-0.4, -0.2) is 30.5 Å². The lowest BCUT2D eigenvalue weighted by Crippen LogP contribution is -2.39. The Hall–Kier alpha value is -0.780. The molecular formula is C14H22IN3. The van der Waals surface area contributed by atoms with Gasteiger partial charge in [-0.2, -0.15) is 0 Å². The summed E-state index contributed by atoms with van der Waals surface area (Å²) in [5.74, 6) is 1.06. The van der Waals surface area contributed by atoms with E-state index in [1.165, 1.54) is 18.4 Å². The van der Waals surface area contributed by atoms with Gasteiger partial charge in [0.15, 0.2) is 5.96 Å². The highest BCUT2D eigenvalue weighted by Crippen LogP contribution is 2.08. The van der Waals surface area contributed by atoms with E-state index < -0.39 is 0 Å². The average Bonchev–Trinajstić information content (AvgIpc) is 2.89. The highest BCUT2D eigenvalue weighted by atomic mass is 127. The topological polar surface area (TPSA) is 27.6 Å². The molecule has 0 atom stereocenters. The van der Waals surface area contributed by atoms with Crippen molar-refractivity contribution in [3.8, 4) is 0 Å². The van der Waals surface area contributed by atoms with Gasteiger partial charge in [0.25, 0.3) is 0 Å². The molecule has 2 rings (SSSR count). The number of hydrogen-bond acceptors (Lipinski definition) is 1. The molecule has 100 valence electrons. The molecule has 0 bridgehead atoms. The Balaban J connectivity index is 0.00000162. The van der Waals surface area contributed by atoms with Crippen molar-refractivity contribution < 1.29 is 0 Å². The summed E-state index contributed by atoms with van der Waals surface area (Å²) in [6.07, 6.45) is 2.57. The van der Waals surface area contributed by atoms with Gasteiger partial charge in [0, 0.05) is 19.6 Å². The largest absolute Gasteiger partial charge is 0.357 e. The molecule has 1 saturated heterocycles. The minimum atomic E-state index is 0. The maximum atomic E-state index is 4.70. The fourth-order valence-corrected chi connectivity index (χ4v) is 2.10. The van der Waals surface area contributed by atoms with Gasteiger partial charge < -0.3 is 10.2 Å². The minimum absolute atomic E-state index is 0. The van der Waals surface area contributed by atoms with Crippen LogP contribution in [0.4, 0.5) is 0 Å². The van der Waals surface area contributed by atoms with Crippen LogP contribution in [0.15, 0.2) is 35.3 Å². The fourth-order valence-electron chi connectivity index (χ4n) is 2.10. The van der Waals surface area contributed by atoms with E-state index in [0.29, 0.717) is 0 Å². The van der Waals surface area contributed by atoms with Crippen LogP contribution >= 0.6 is 24.0 Å². The normalized spacial score (nSPS) is 15.4. The number of likely N-dealkylation sites (tertiary alicyclic amines) is 1. The first kappa shape index (κ1) is 15.3. The summed E-state index contributed by atoms with van der Waals surface area (Å²) in [5.41, 5.74) is 1.27. The Morgan fingerprint density at radius 3 is 2.50 bits per heavy atom. The summed E-state index contributed by atoms with van der Waals surface area (Å²) in [4.78, 5) is 7.05. The number of hydrogen-bond donors (Lipinski definition) is 1. The van der Waals surface area contributed by atoms with Gasteiger partial charge in [0.2, 0.25) is 0 Å². The summed E-state index contributed by atoms with van der Waals surface area (Å²) in [5, 5.41) is 3.37. The Labute approximate surface area is 127 Å². The standard InChI is InChI=1S/C14H21N3.HI/c1-2-15-14(17-10-6-7-11-17)16-12-13-8-4-3-5-9-13;/h3-5,8-9H,2,6-7,10-12H2,1H3,(H,15,16);1H. The number of aliphatic imine (C=N–C) groups is 1. The molecule has 0 spiro atoms. The molecular weight excluding hydrogens is 337 g/mol. The zero-order valence-electron chi connectivity index (χ0n) is 10.9. The van der Waals surface area contributed by atoms with Crippen LogP contribution < -0.4 is 5.32 Å². The molecule has 1 aromatic rings. The van der Waals surface area contributed by atoms with Crippen LogP contribution in [-0.2, 0) is 6.54 Å². The second-order valence-corrected chi connectivity index (χ2v) is 4.35. The van der Waals surface area contributed by atoms with Gasteiger partial charge >= 0.3 is 0 Å². The Morgan fingerprint density at radius 2 is 1.89 bits per heavy atom. The van der Waals surface area contributed by atoms with Crippen molar-refractivity contribution in [2.75, 3.05) is 19.6 Å². The molecule has 1 fully saturated rings. The first-order valence-electron chi connectivity index (χ1n) is 6.47. The van der Waals surface area contributed by atoms with Crippen LogP contribution in [0.2, 0.25) is 0 Å². The van der Waals surface area contributed by atoms with Crippen molar-refractivity contribution in [1.29, 1.82) is 0 Å². The van der Waals surface area contributed by atoms with Crippen LogP contribution in [0, 0.1) is 0 Å². The Morgan fingerprint density at radius 1 is 1.22 bits per heavy atom. The molecule has 1 aliphatic rings. The minimum Gasteiger partial charge on any atom is -0.357 e. The predicted octanol–water partition coefficient (Wildman–Crippen LogP) is 2.87. The smallest absolute Gasteiger partial charge is 0.194 e. The molecule has 18 heavy (non-hydrogen) atoms. The summed E-state index contributed by atoms with van der Waals surface area (Å²) in [6.45, 7) is 6.10. The molecule has 0 aromatic heterocycles. The van der Waals surface area contributed by atoms with Gasteiger partial charge in [-0.15, -0.1) is 24.0 Å². The van der Waals surface area contributed by atoms with Gasteiger partial charge in [-0.25, -0.2) is 4.99 Å². The Kier molecular flexibility index (Phi) is 7.08. The van der Waals surface area contributed by atoms with Gasteiger partial charge in [0.05, 0.1) is 6.54 Å². The summed E-state index contributed by atoms with van der Waals surface area (Å²) in [6, 6.07) is 10.4. The molecule has 0 saturated carbocycles. The highest BCUT2D eigenvalue weighted by Gasteiger charge is 2.15. The third kappa shape index (κ3) is 4.48. The van der Waals surface area contributed by atoms with E-state index in [2.05, 4.69) is 41.4 Å². The van der Waals surface area contributed by atoms with Crippen LogP contribution in [0.3, 0.4) is 0 Å². The third-order valence-electron chi connectivity index (χ3n) is 2.99. The third-order valence-corrected chi connectivity index (χ3v) is 2.99. The van der Waals surface area contributed by atoms with Gasteiger partial charge in [-0.1, -0.05) is 30.3 Å².